The Hall–Kier alpha value is -2.13. The van der Waals surface area contributed by atoms with E-state index in [0.29, 0.717) is 5.56 Å². The van der Waals surface area contributed by atoms with Crippen molar-refractivity contribution in [2.75, 3.05) is 37.6 Å². The minimum Gasteiger partial charge on any atom is -0.353 e. The molecule has 0 bridgehead atoms. The Kier molecular flexibility index (Phi) is 4.54. The van der Waals surface area contributed by atoms with Gasteiger partial charge >= 0.3 is 0 Å². The average molecular weight is 299 g/mol. The van der Waals surface area contributed by atoms with Gasteiger partial charge in [-0.15, -0.1) is 0 Å². The van der Waals surface area contributed by atoms with Gasteiger partial charge < -0.3 is 15.1 Å². The predicted molar refractivity (Wildman–Crippen MR) is 83.4 cm³/mol. The molecule has 116 valence electrons. The molecule has 1 aromatic heterocycles. The summed E-state index contributed by atoms with van der Waals surface area (Å²) in [6.07, 6.45) is 4.91. The number of nitrogens with zero attached hydrogens (tertiary/aromatic N) is 4. The molecule has 2 saturated heterocycles. The summed E-state index contributed by atoms with van der Waals surface area (Å²) >= 11 is 0. The number of aromatic nitrogens is 1. The summed E-state index contributed by atoms with van der Waals surface area (Å²) < 4.78 is 0. The highest BCUT2D eigenvalue weighted by atomic mass is 16.2. The van der Waals surface area contributed by atoms with Gasteiger partial charge in [0.1, 0.15) is 5.82 Å². The molecular weight excluding hydrogens is 278 g/mol. The fourth-order valence-electron chi connectivity index (χ4n) is 3.10. The first-order valence-electron chi connectivity index (χ1n) is 7.91. The van der Waals surface area contributed by atoms with Crippen molar-refractivity contribution < 1.29 is 4.79 Å². The van der Waals surface area contributed by atoms with Crippen LogP contribution in [0.25, 0.3) is 0 Å². The third kappa shape index (κ3) is 3.20. The SMILES string of the molecule is N#Cc1ccnc(N2CCN(C(=O)C3CCCCN3)CC2)c1. The third-order valence-corrected chi connectivity index (χ3v) is 4.40. The maximum absolute atomic E-state index is 12.5. The van der Waals surface area contributed by atoms with Crippen LogP contribution in [0.3, 0.4) is 0 Å². The van der Waals surface area contributed by atoms with Gasteiger partial charge in [0.2, 0.25) is 5.91 Å². The van der Waals surface area contributed by atoms with Gasteiger partial charge in [0.05, 0.1) is 17.7 Å². The number of piperidine rings is 1. The van der Waals surface area contributed by atoms with Crippen LogP contribution >= 0.6 is 0 Å². The number of carbonyl (C=O) groups excluding carboxylic acids is 1. The van der Waals surface area contributed by atoms with Gasteiger partial charge in [-0.1, -0.05) is 6.42 Å². The van der Waals surface area contributed by atoms with E-state index in [1.807, 2.05) is 4.90 Å². The first-order chi connectivity index (χ1) is 10.8. The van der Waals surface area contributed by atoms with Crippen molar-refractivity contribution in [3.05, 3.63) is 23.9 Å². The predicted octanol–water partition coefficient (Wildman–Crippen LogP) is 0.744. The van der Waals surface area contributed by atoms with E-state index in [1.54, 1.807) is 18.3 Å². The number of hydrogen-bond donors (Lipinski definition) is 1. The van der Waals surface area contributed by atoms with Crippen molar-refractivity contribution in [2.24, 2.45) is 0 Å². The first-order valence-corrected chi connectivity index (χ1v) is 7.91. The van der Waals surface area contributed by atoms with Crippen molar-refractivity contribution in [3.63, 3.8) is 0 Å². The molecule has 1 amide bonds. The van der Waals surface area contributed by atoms with Crippen LogP contribution in [0.15, 0.2) is 18.3 Å². The zero-order valence-electron chi connectivity index (χ0n) is 12.7. The van der Waals surface area contributed by atoms with Crippen LogP contribution in [0.4, 0.5) is 5.82 Å². The molecule has 2 aliphatic rings. The number of hydrogen-bond acceptors (Lipinski definition) is 5. The lowest BCUT2D eigenvalue weighted by atomic mass is 10.0. The van der Waals surface area contributed by atoms with Gasteiger partial charge in [-0.3, -0.25) is 4.79 Å². The van der Waals surface area contributed by atoms with Gasteiger partial charge in [-0.25, -0.2) is 4.98 Å². The van der Waals surface area contributed by atoms with E-state index in [9.17, 15) is 4.79 Å². The summed E-state index contributed by atoms with van der Waals surface area (Å²) in [5.41, 5.74) is 0.620. The lowest BCUT2D eigenvalue weighted by Gasteiger charge is -2.37. The molecule has 0 saturated carbocycles. The molecule has 1 aromatic rings. The summed E-state index contributed by atoms with van der Waals surface area (Å²) in [5, 5.41) is 12.3. The smallest absolute Gasteiger partial charge is 0.239 e. The second-order valence-electron chi connectivity index (χ2n) is 5.83. The first kappa shape index (κ1) is 14.8. The standard InChI is InChI=1S/C16H21N5O/c17-12-13-4-6-19-15(11-13)20-7-9-21(10-8-20)16(22)14-3-1-2-5-18-14/h4,6,11,14,18H,1-3,5,7-10H2. The molecule has 6 heteroatoms. The summed E-state index contributed by atoms with van der Waals surface area (Å²) in [6, 6.07) is 5.65. The number of anilines is 1. The molecule has 1 atom stereocenters. The normalized spacial score (nSPS) is 22.2. The Balaban J connectivity index is 1.57. The van der Waals surface area contributed by atoms with Gasteiger partial charge in [-0.05, 0) is 31.5 Å². The zero-order chi connectivity index (χ0) is 15.4. The topological polar surface area (TPSA) is 72.3 Å². The van der Waals surface area contributed by atoms with E-state index in [0.717, 1.165) is 51.4 Å². The zero-order valence-corrected chi connectivity index (χ0v) is 12.7. The monoisotopic (exact) mass is 299 g/mol. The fourth-order valence-corrected chi connectivity index (χ4v) is 3.10. The highest BCUT2D eigenvalue weighted by Crippen LogP contribution is 2.16. The summed E-state index contributed by atoms with van der Waals surface area (Å²) in [7, 11) is 0. The quantitative estimate of drug-likeness (QED) is 0.872. The minimum atomic E-state index is 0.000317. The maximum Gasteiger partial charge on any atom is 0.239 e. The summed E-state index contributed by atoms with van der Waals surface area (Å²) in [4.78, 5) is 20.9. The Morgan fingerprint density at radius 2 is 2.14 bits per heavy atom. The molecule has 22 heavy (non-hydrogen) atoms. The molecule has 1 N–H and O–H groups in total. The molecule has 1 unspecified atom stereocenters. The van der Waals surface area contributed by atoms with E-state index < -0.39 is 0 Å². The van der Waals surface area contributed by atoms with Crippen LogP contribution in [0.1, 0.15) is 24.8 Å². The Morgan fingerprint density at radius 1 is 1.32 bits per heavy atom. The highest BCUT2D eigenvalue weighted by Gasteiger charge is 2.28. The molecule has 0 aromatic carbocycles. The lowest BCUT2D eigenvalue weighted by molar-refractivity contribution is -0.134. The number of nitriles is 1. The van der Waals surface area contributed by atoms with Crippen LogP contribution in [0.2, 0.25) is 0 Å². The van der Waals surface area contributed by atoms with Crippen LogP contribution in [0, 0.1) is 11.3 Å². The van der Waals surface area contributed by atoms with E-state index in [-0.39, 0.29) is 11.9 Å². The third-order valence-electron chi connectivity index (χ3n) is 4.40. The molecule has 0 spiro atoms. The van der Waals surface area contributed by atoms with Crippen LogP contribution in [-0.2, 0) is 4.79 Å². The number of piperazine rings is 1. The number of amides is 1. The van der Waals surface area contributed by atoms with Gasteiger partial charge in [-0.2, -0.15) is 5.26 Å². The van der Waals surface area contributed by atoms with Gasteiger partial charge in [0.25, 0.3) is 0 Å². The number of nitrogens with one attached hydrogen (secondary N) is 1. The molecule has 3 heterocycles. The summed E-state index contributed by atoms with van der Waals surface area (Å²) in [5.74, 6) is 1.06. The molecule has 0 aliphatic carbocycles. The Labute approximate surface area is 130 Å². The van der Waals surface area contributed by atoms with Crippen molar-refractivity contribution >= 4 is 11.7 Å². The summed E-state index contributed by atoms with van der Waals surface area (Å²) in [6.45, 7) is 3.91. The molecule has 2 fully saturated rings. The van der Waals surface area contributed by atoms with Crippen molar-refractivity contribution in [1.29, 1.82) is 5.26 Å². The second-order valence-corrected chi connectivity index (χ2v) is 5.83. The average Bonchev–Trinajstić information content (AvgIpc) is 2.62. The Morgan fingerprint density at radius 3 is 2.82 bits per heavy atom. The molecule has 6 nitrogen and oxygen atoms in total. The maximum atomic E-state index is 12.5. The molecule has 2 aliphatic heterocycles. The van der Waals surface area contributed by atoms with Crippen molar-refractivity contribution in [2.45, 2.75) is 25.3 Å². The Bertz CT molecular complexity index is 568. The van der Waals surface area contributed by atoms with E-state index in [2.05, 4.69) is 21.3 Å². The van der Waals surface area contributed by atoms with Gasteiger partial charge in [0.15, 0.2) is 0 Å². The number of rotatable bonds is 2. The van der Waals surface area contributed by atoms with Crippen molar-refractivity contribution in [1.82, 2.24) is 15.2 Å². The van der Waals surface area contributed by atoms with E-state index >= 15 is 0 Å². The van der Waals surface area contributed by atoms with E-state index in [4.69, 9.17) is 5.26 Å². The molecule has 3 rings (SSSR count). The van der Waals surface area contributed by atoms with Crippen molar-refractivity contribution in [3.8, 4) is 6.07 Å². The highest BCUT2D eigenvalue weighted by molar-refractivity contribution is 5.82. The van der Waals surface area contributed by atoms with Crippen LogP contribution in [-0.4, -0.2) is 54.6 Å². The largest absolute Gasteiger partial charge is 0.353 e. The number of carbonyl (C=O) groups is 1. The molecular formula is C16H21N5O. The lowest BCUT2D eigenvalue weighted by Crippen LogP contribution is -2.55. The van der Waals surface area contributed by atoms with Gasteiger partial charge in [0, 0.05) is 32.4 Å². The molecule has 0 radical (unpaired) electrons. The van der Waals surface area contributed by atoms with E-state index in [1.165, 1.54) is 6.42 Å². The minimum absolute atomic E-state index is 0.000317. The second kappa shape index (κ2) is 6.75. The van der Waals surface area contributed by atoms with Crippen LogP contribution < -0.4 is 10.2 Å². The van der Waals surface area contributed by atoms with Crippen LogP contribution in [0.5, 0.6) is 0 Å². The fraction of sp³-hybridized carbons (Fsp3) is 0.562. The number of pyridine rings is 1.